The van der Waals surface area contributed by atoms with Crippen molar-refractivity contribution < 1.29 is 27.1 Å². The summed E-state index contributed by atoms with van der Waals surface area (Å²) in [7, 11) is -3.51. The molecule has 1 amide bonds. The van der Waals surface area contributed by atoms with E-state index >= 15 is 0 Å². The molecule has 1 unspecified atom stereocenters. The van der Waals surface area contributed by atoms with Gasteiger partial charge in [-0.15, -0.1) is 0 Å². The summed E-state index contributed by atoms with van der Waals surface area (Å²) in [6, 6.07) is 5.89. The number of ether oxygens (including phenoxy) is 1. The molecule has 0 radical (unpaired) electrons. The number of esters is 1. The highest BCUT2D eigenvalue weighted by Crippen LogP contribution is 2.35. The van der Waals surface area contributed by atoms with Crippen molar-refractivity contribution in [1.82, 2.24) is 0 Å². The molecular weight excluding hydrogens is 313 g/mol. The Kier molecular flexibility index (Phi) is 4.50. The zero-order valence-corrected chi connectivity index (χ0v) is 12.9. The highest BCUT2D eigenvalue weighted by Gasteiger charge is 2.45. The minimum absolute atomic E-state index is 0.0344. The number of halogens is 1. The number of hydrogen-bond donors (Lipinski definition) is 1. The van der Waals surface area contributed by atoms with E-state index in [1.807, 2.05) is 0 Å². The van der Waals surface area contributed by atoms with Crippen molar-refractivity contribution >= 4 is 27.4 Å². The average molecular weight is 329 g/mol. The molecule has 1 N–H and O–H groups in total. The molecule has 0 heterocycles. The largest absolute Gasteiger partial charge is 0.452 e. The van der Waals surface area contributed by atoms with Gasteiger partial charge in [0.1, 0.15) is 6.17 Å². The molecule has 0 bridgehead atoms. The first kappa shape index (κ1) is 16.4. The number of anilines is 1. The second-order valence-corrected chi connectivity index (χ2v) is 7.18. The summed E-state index contributed by atoms with van der Waals surface area (Å²) in [6.07, 6.45) is -1.21. The third kappa shape index (κ3) is 3.82. The summed E-state index contributed by atoms with van der Waals surface area (Å²) in [5.74, 6) is -2.23. The smallest absolute Gasteiger partial charge is 0.312 e. The molecule has 0 saturated heterocycles. The Hall–Kier alpha value is -1.96. The van der Waals surface area contributed by atoms with Gasteiger partial charge in [-0.1, -0.05) is 12.1 Å². The molecule has 120 valence electrons. The molecule has 6 nitrogen and oxygen atoms in total. The SMILES string of the molecule is CC(OC(=O)[C@@H]1C[C@@H]1F)C(=O)Nc1ccccc1S(C)(=O)=O. The van der Waals surface area contributed by atoms with Gasteiger partial charge in [-0.3, -0.25) is 9.59 Å². The number of rotatable bonds is 5. The van der Waals surface area contributed by atoms with Crippen LogP contribution in [0.4, 0.5) is 10.1 Å². The highest BCUT2D eigenvalue weighted by atomic mass is 32.2. The molecule has 0 aliphatic heterocycles. The molecule has 0 spiro atoms. The molecule has 8 heteroatoms. The summed E-state index contributed by atoms with van der Waals surface area (Å²) in [5.41, 5.74) is 0.104. The number of amides is 1. The Labute approximate surface area is 127 Å². The van der Waals surface area contributed by atoms with Gasteiger partial charge in [0.2, 0.25) is 0 Å². The van der Waals surface area contributed by atoms with E-state index in [2.05, 4.69) is 5.32 Å². The molecule has 2 rings (SSSR count). The van der Waals surface area contributed by atoms with Crippen LogP contribution in [-0.2, 0) is 24.2 Å². The molecule has 22 heavy (non-hydrogen) atoms. The summed E-state index contributed by atoms with van der Waals surface area (Å²) < 4.78 is 40.9. The molecule has 1 fully saturated rings. The molecule has 0 aromatic heterocycles. The minimum Gasteiger partial charge on any atom is -0.452 e. The number of benzene rings is 1. The second-order valence-electron chi connectivity index (χ2n) is 5.19. The topological polar surface area (TPSA) is 89.5 Å². The fourth-order valence-corrected chi connectivity index (χ4v) is 2.69. The lowest BCUT2D eigenvalue weighted by molar-refractivity contribution is -0.154. The fourth-order valence-electron chi connectivity index (χ4n) is 1.85. The van der Waals surface area contributed by atoms with Crippen LogP contribution in [0.2, 0.25) is 0 Å². The normalized spacial score (nSPS) is 21.8. The molecule has 1 aliphatic rings. The van der Waals surface area contributed by atoms with Crippen LogP contribution in [-0.4, -0.2) is 38.8 Å². The van der Waals surface area contributed by atoms with Gasteiger partial charge in [-0.25, -0.2) is 12.8 Å². The van der Waals surface area contributed by atoms with E-state index in [9.17, 15) is 22.4 Å². The molecular formula is C14H16FNO5S. The van der Waals surface area contributed by atoms with Crippen LogP contribution >= 0.6 is 0 Å². The lowest BCUT2D eigenvalue weighted by atomic mass is 10.3. The predicted molar refractivity (Wildman–Crippen MR) is 76.7 cm³/mol. The van der Waals surface area contributed by atoms with E-state index in [-0.39, 0.29) is 17.0 Å². The van der Waals surface area contributed by atoms with Gasteiger partial charge in [0.25, 0.3) is 5.91 Å². The zero-order chi connectivity index (χ0) is 16.5. The molecule has 1 aromatic carbocycles. The summed E-state index contributed by atoms with van der Waals surface area (Å²) >= 11 is 0. The number of alkyl halides is 1. The average Bonchev–Trinajstić information content (AvgIpc) is 3.15. The Morgan fingerprint density at radius 2 is 1.95 bits per heavy atom. The van der Waals surface area contributed by atoms with Crippen LogP contribution < -0.4 is 5.32 Å². The number of sulfone groups is 1. The van der Waals surface area contributed by atoms with Crippen molar-refractivity contribution in [3.63, 3.8) is 0 Å². The van der Waals surface area contributed by atoms with Crippen molar-refractivity contribution in [1.29, 1.82) is 0 Å². The van der Waals surface area contributed by atoms with Gasteiger partial charge in [0, 0.05) is 6.26 Å². The van der Waals surface area contributed by atoms with Gasteiger partial charge < -0.3 is 10.1 Å². The van der Waals surface area contributed by atoms with E-state index in [1.54, 1.807) is 6.07 Å². The van der Waals surface area contributed by atoms with Crippen LogP contribution in [0.15, 0.2) is 29.2 Å². The first-order valence-electron chi connectivity index (χ1n) is 6.64. The van der Waals surface area contributed by atoms with Crippen LogP contribution in [0.5, 0.6) is 0 Å². The number of nitrogens with one attached hydrogen (secondary N) is 1. The fraction of sp³-hybridized carbons (Fsp3) is 0.429. The van der Waals surface area contributed by atoms with Crippen molar-refractivity contribution in [2.75, 3.05) is 11.6 Å². The van der Waals surface area contributed by atoms with E-state index in [0.717, 1.165) is 6.26 Å². The van der Waals surface area contributed by atoms with E-state index in [1.165, 1.54) is 25.1 Å². The Morgan fingerprint density at radius 1 is 1.36 bits per heavy atom. The third-order valence-electron chi connectivity index (χ3n) is 3.22. The van der Waals surface area contributed by atoms with Gasteiger partial charge in [-0.2, -0.15) is 0 Å². The summed E-state index contributed by atoms with van der Waals surface area (Å²) in [5, 5.41) is 2.40. The second kappa shape index (κ2) is 6.04. The summed E-state index contributed by atoms with van der Waals surface area (Å²) in [6.45, 7) is 1.34. The maximum atomic E-state index is 12.7. The lowest BCUT2D eigenvalue weighted by Gasteiger charge is -2.15. The Bertz CT molecular complexity index is 703. The van der Waals surface area contributed by atoms with Gasteiger partial charge in [0.15, 0.2) is 15.9 Å². The molecule has 1 saturated carbocycles. The molecule has 1 aromatic rings. The van der Waals surface area contributed by atoms with E-state index in [4.69, 9.17) is 4.74 Å². The van der Waals surface area contributed by atoms with Crippen molar-refractivity contribution in [3.8, 4) is 0 Å². The van der Waals surface area contributed by atoms with E-state index < -0.39 is 39.9 Å². The minimum atomic E-state index is -3.51. The van der Waals surface area contributed by atoms with Crippen LogP contribution in [0.3, 0.4) is 0 Å². The molecule has 1 aliphatic carbocycles. The van der Waals surface area contributed by atoms with Crippen molar-refractivity contribution in [2.24, 2.45) is 5.92 Å². The number of para-hydroxylation sites is 1. The molecule has 3 atom stereocenters. The Morgan fingerprint density at radius 3 is 2.50 bits per heavy atom. The first-order chi connectivity index (χ1) is 10.2. The predicted octanol–water partition coefficient (Wildman–Crippen LogP) is 1.32. The number of hydrogen-bond acceptors (Lipinski definition) is 5. The first-order valence-corrected chi connectivity index (χ1v) is 8.54. The van der Waals surface area contributed by atoms with Crippen LogP contribution in [0.1, 0.15) is 13.3 Å². The van der Waals surface area contributed by atoms with Gasteiger partial charge in [0.05, 0.1) is 16.5 Å². The maximum absolute atomic E-state index is 12.7. The Balaban J connectivity index is 2.04. The maximum Gasteiger partial charge on any atom is 0.312 e. The van der Waals surface area contributed by atoms with Gasteiger partial charge >= 0.3 is 5.97 Å². The standard InChI is InChI=1S/C14H16FNO5S/c1-8(21-14(18)9-7-10(9)15)13(17)16-11-5-3-4-6-12(11)22(2,19)20/h3-6,8-10H,7H2,1-2H3,(H,16,17)/t8?,9-,10+/m1/s1. The van der Waals surface area contributed by atoms with Crippen molar-refractivity contribution in [3.05, 3.63) is 24.3 Å². The zero-order valence-electron chi connectivity index (χ0n) is 12.1. The number of carbonyl (C=O) groups is 2. The van der Waals surface area contributed by atoms with Crippen molar-refractivity contribution in [2.45, 2.75) is 30.5 Å². The third-order valence-corrected chi connectivity index (χ3v) is 4.38. The summed E-state index contributed by atoms with van der Waals surface area (Å²) in [4.78, 5) is 23.4. The lowest BCUT2D eigenvalue weighted by Crippen LogP contribution is -2.31. The monoisotopic (exact) mass is 329 g/mol. The van der Waals surface area contributed by atoms with Crippen LogP contribution in [0, 0.1) is 5.92 Å². The van der Waals surface area contributed by atoms with Gasteiger partial charge in [-0.05, 0) is 25.5 Å². The van der Waals surface area contributed by atoms with Crippen LogP contribution in [0.25, 0.3) is 0 Å². The quantitative estimate of drug-likeness (QED) is 0.823. The highest BCUT2D eigenvalue weighted by molar-refractivity contribution is 7.90. The number of carbonyl (C=O) groups excluding carboxylic acids is 2. The van der Waals surface area contributed by atoms with E-state index in [0.29, 0.717) is 0 Å².